The highest BCUT2D eigenvalue weighted by molar-refractivity contribution is 5.80. The molecule has 4 rings (SSSR count). The first-order chi connectivity index (χ1) is 15.9. The fourth-order valence-corrected chi connectivity index (χ4v) is 5.95. The number of nitrogens with zero attached hydrogens (tertiary/aromatic N) is 5. The van der Waals surface area contributed by atoms with Crippen LogP contribution in [0.3, 0.4) is 0 Å². The number of fused-ring (bicyclic) bond motifs is 2. The highest BCUT2D eigenvalue weighted by Gasteiger charge is 2.41. The third-order valence-electron chi connectivity index (χ3n) is 8.23. The normalized spacial score (nSPS) is 24.8. The fraction of sp³-hybridized carbons (Fsp3) is 0.815. The topological polar surface area (TPSA) is 52.6 Å². The molecule has 0 amide bonds. The van der Waals surface area contributed by atoms with E-state index in [0.717, 1.165) is 31.9 Å². The zero-order chi connectivity index (χ0) is 23.4. The van der Waals surface area contributed by atoms with Crippen molar-refractivity contribution < 1.29 is 4.79 Å². The molecule has 3 fully saturated rings. The van der Waals surface area contributed by atoms with Crippen molar-refractivity contribution in [3.05, 3.63) is 18.0 Å². The van der Waals surface area contributed by atoms with Crippen molar-refractivity contribution in [1.82, 2.24) is 19.8 Å². The number of anilines is 1. The number of hydrogen-bond donors (Lipinski definition) is 0. The monoisotopic (exact) mass is 455 g/mol. The van der Waals surface area contributed by atoms with Crippen molar-refractivity contribution in [2.24, 2.45) is 5.92 Å². The molecule has 4 heterocycles. The highest BCUT2D eigenvalue weighted by atomic mass is 16.1. The second kappa shape index (κ2) is 11.3. The summed E-state index contributed by atoms with van der Waals surface area (Å²) < 4.78 is 0. The van der Waals surface area contributed by atoms with Gasteiger partial charge < -0.3 is 9.80 Å². The molecule has 3 aliphatic heterocycles. The Balaban J connectivity index is 1.20. The molecule has 2 unspecified atom stereocenters. The minimum Gasteiger partial charge on any atom is -0.332 e. The third kappa shape index (κ3) is 6.13. The molecule has 0 aliphatic carbocycles. The van der Waals surface area contributed by atoms with Gasteiger partial charge in [0, 0.05) is 55.9 Å². The van der Waals surface area contributed by atoms with E-state index in [4.69, 9.17) is 9.97 Å². The Labute approximate surface area is 201 Å². The number of piperidine rings is 1. The number of piperazine rings is 1. The predicted molar refractivity (Wildman–Crippen MR) is 135 cm³/mol. The molecule has 1 aromatic heterocycles. The van der Waals surface area contributed by atoms with E-state index >= 15 is 0 Å². The van der Waals surface area contributed by atoms with Gasteiger partial charge in [0.1, 0.15) is 5.78 Å². The molecule has 0 spiro atoms. The van der Waals surface area contributed by atoms with Crippen molar-refractivity contribution in [2.45, 2.75) is 103 Å². The van der Waals surface area contributed by atoms with E-state index in [1.807, 2.05) is 13.8 Å². The summed E-state index contributed by atoms with van der Waals surface area (Å²) in [5.74, 6) is 2.14. The number of ketones is 1. The first-order valence-electron chi connectivity index (χ1n) is 13.5. The Kier molecular flexibility index (Phi) is 8.39. The van der Waals surface area contributed by atoms with Gasteiger partial charge in [0.2, 0.25) is 5.95 Å². The number of carbonyl (C=O) groups excluding carboxylic acids is 1. The molecule has 0 aromatic carbocycles. The zero-order valence-electron chi connectivity index (χ0n) is 21.4. The van der Waals surface area contributed by atoms with Crippen LogP contribution in [0.15, 0.2) is 12.4 Å². The molecular formula is C27H45N5O. The first-order valence-corrected chi connectivity index (χ1v) is 13.5. The number of Topliss-reactive ketones (excluding diaryl/α,β-unsaturated/α-hetero) is 1. The molecule has 3 saturated heterocycles. The number of carbonyl (C=O) groups is 1. The summed E-state index contributed by atoms with van der Waals surface area (Å²) in [6, 6.07) is 1.77. The minimum atomic E-state index is 0.187. The lowest BCUT2D eigenvalue weighted by Crippen LogP contribution is -2.56. The number of rotatable bonds is 10. The molecule has 33 heavy (non-hydrogen) atoms. The van der Waals surface area contributed by atoms with Crippen LogP contribution in [-0.4, -0.2) is 76.4 Å². The van der Waals surface area contributed by atoms with Crippen molar-refractivity contribution in [1.29, 1.82) is 0 Å². The number of aromatic nitrogens is 2. The Bertz CT molecular complexity index is 742. The van der Waals surface area contributed by atoms with Crippen LogP contribution >= 0.6 is 0 Å². The van der Waals surface area contributed by atoms with Gasteiger partial charge in [-0.3, -0.25) is 9.69 Å². The fourth-order valence-electron chi connectivity index (χ4n) is 5.95. The zero-order valence-corrected chi connectivity index (χ0v) is 21.4. The summed E-state index contributed by atoms with van der Waals surface area (Å²) >= 11 is 0. The van der Waals surface area contributed by atoms with E-state index < -0.39 is 0 Å². The van der Waals surface area contributed by atoms with Crippen LogP contribution in [-0.2, 0) is 4.79 Å². The average molecular weight is 456 g/mol. The van der Waals surface area contributed by atoms with Crippen molar-refractivity contribution in [3.8, 4) is 0 Å². The minimum absolute atomic E-state index is 0.187. The van der Waals surface area contributed by atoms with E-state index in [0.29, 0.717) is 29.8 Å². The quantitative estimate of drug-likeness (QED) is 0.484. The lowest BCUT2D eigenvalue weighted by Gasteiger charge is -2.42. The Morgan fingerprint density at radius 2 is 1.58 bits per heavy atom. The number of likely N-dealkylation sites (tertiary alicyclic amines) is 2. The van der Waals surface area contributed by atoms with Gasteiger partial charge in [-0.2, -0.15) is 0 Å². The largest absolute Gasteiger partial charge is 0.332 e. The van der Waals surface area contributed by atoms with Crippen LogP contribution in [0.5, 0.6) is 0 Å². The molecule has 6 heteroatoms. The molecular weight excluding hydrogens is 410 g/mol. The van der Waals surface area contributed by atoms with Crippen LogP contribution in [0.1, 0.15) is 90.5 Å². The van der Waals surface area contributed by atoms with Crippen LogP contribution in [0.4, 0.5) is 5.95 Å². The summed E-state index contributed by atoms with van der Waals surface area (Å²) in [7, 11) is 0. The summed E-state index contributed by atoms with van der Waals surface area (Å²) in [5.41, 5.74) is 1.32. The second-order valence-electron chi connectivity index (χ2n) is 11.2. The molecule has 1 aromatic rings. The summed E-state index contributed by atoms with van der Waals surface area (Å²) in [6.45, 7) is 14.4. The van der Waals surface area contributed by atoms with Crippen molar-refractivity contribution >= 4 is 11.7 Å². The smallest absolute Gasteiger partial charge is 0.225 e. The van der Waals surface area contributed by atoms with Gasteiger partial charge in [-0.25, -0.2) is 9.97 Å². The lowest BCUT2D eigenvalue weighted by molar-refractivity contribution is -0.122. The van der Waals surface area contributed by atoms with E-state index in [1.54, 1.807) is 0 Å². The Morgan fingerprint density at radius 1 is 0.939 bits per heavy atom. The van der Waals surface area contributed by atoms with Crippen LogP contribution < -0.4 is 4.90 Å². The number of unbranched alkanes of at least 4 members (excludes halogenated alkanes) is 2. The SMILES string of the molecule is CC(C)C(=O)CCCCCN1CCC(c2cnc(N3C4CCC3CN(C(C)C)C4)nc2)CC1. The van der Waals surface area contributed by atoms with Crippen LogP contribution in [0.25, 0.3) is 0 Å². The molecule has 0 N–H and O–H groups in total. The van der Waals surface area contributed by atoms with Gasteiger partial charge in [0.05, 0.1) is 0 Å². The maximum atomic E-state index is 11.7. The molecule has 3 aliphatic rings. The summed E-state index contributed by atoms with van der Waals surface area (Å²) in [6.07, 6.45) is 13.3. The van der Waals surface area contributed by atoms with Gasteiger partial charge in [0.15, 0.2) is 0 Å². The van der Waals surface area contributed by atoms with Crippen molar-refractivity contribution in [3.63, 3.8) is 0 Å². The lowest BCUT2D eigenvalue weighted by atomic mass is 9.91. The maximum absolute atomic E-state index is 11.7. The Hall–Kier alpha value is -1.53. The van der Waals surface area contributed by atoms with Gasteiger partial charge >= 0.3 is 0 Å². The third-order valence-corrected chi connectivity index (χ3v) is 8.23. The molecule has 2 atom stereocenters. The van der Waals surface area contributed by atoms with Crippen LogP contribution in [0.2, 0.25) is 0 Å². The molecule has 0 saturated carbocycles. The first kappa shape index (κ1) is 24.6. The Morgan fingerprint density at radius 3 is 2.15 bits per heavy atom. The average Bonchev–Trinajstić information content (AvgIpc) is 3.07. The number of hydrogen-bond acceptors (Lipinski definition) is 6. The van der Waals surface area contributed by atoms with E-state index in [1.165, 1.54) is 63.7 Å². The van der Waals surface area contributed by atoms with E-state index in [2.05, 4.69) is 40.9 Å². The van der Waals surface area contributed by atoms with Crippen molar-refractivity contribution in [2.75, 3.05) is 37.6 Å². The van der Waals surface area contributed by atoms with Crippen LogP contribution in [0, 0.1) is 5.92 Å². The molecule has 2 bridgehead atoms. The molecule has 184 valence electrons. The molecule has 0 radical (unpaired) electrons. The van der Waals surface area contributed by atoms with Gasteiger partial charge in [0.25, 0.3) is 0 Å². The van der Waals surface area contributed by atoms with E-state index in [-0.39, 0.29) is 5.92 Å². The van der Waals surface area contributed by atoms with E-state index in [9.17, 15) is 4.79 Å². The predicted octanol–water partition coefficient (Wildman–Crippen LogP) is 4.50. The second-order valence-corrected chi connectivity index (χ2v) is 11.2. The maximum Gasteiger partial charge on any atom is 0.225 e. The highest BCUT2D eigenvalue weighted by Crippen LogP contribution is 2.34. The summed E-state index contributed by atoms with van der Waals surface area (Å²) in [4.78, 5) is 29.2. The van der Waals surface area contributed by atoms with Gasteiger partial charge in [-0.1, -0.05) is 20.3 Å². The summed E-state index contributed by atoms with van der Waals surface area (Å²) in [5, 5.41) is 0. The molecule has 6 nitrogen and oxygen atoms in total. The standard InChI is InChI=1S/C27H45N5O/c1-20(2)26(33)8-6-5-7-13-30-14-11-22(12-15-30)23-16-28-27(29-17-23)32-24-9-10-25(32)19-31(18-24)21(3)4/h16-17,20-22,24-25H,5-15,18-19H2,1-4H3. The van der Waals surface area contributed by atoms with Gasteiger partial charge in [-0.05, 0) is 83.5 Å². The van der Waals surface area contributed by atoms with Gasteiger partial charge in [-0.15, -0.1) is 0 Å².